The molecule has 7 heteroatoms. The van der Waals surface area contributed by atoms with Crippen molar-refractivity contribution < 1.29 is 4.79 Å². The second-order valence-corrected chi connectivity index (χ2v) is 9.11. The first-order valence-corrected chi connectivity index (χ1v) is 11.9. The van der Waals surface area contributed by atoms with Gasteiger partial charge in [-0.1, -0.05) is 48.5 Å². The van der Waals surface area contributed by atoms with Crippen molar-refractivity contribution >= 4 is 17.2 Å². The highest BCUT2D eigenvalue weighted by Crippen LogP contribution is 2.30. The standard InChI is InChI=1S/C27H32N6O/c1-21-16-22(2)33(29-21)20-27(34)31-14-12-30(13-15-31)26-11-7-6-10-25(26)24-17-28-32(19-24)18-23-8-4-3-5-9-23/h3-11,16-17,28H,12-15,18-20H2,1-2H3. The van der Waals surface area contributed by atoms with E-state index in [-0.39, 0.29) is 5.91 Å². The normalized spacial score (nSPS) is 16.5. The molecule has 1 amide bonds. The Kier molecular flexibility index (Phi) is 6.36. The van der Waals surface area contributed by atoms with E-state index in [2.05, 4.69) is 75.2 Å². The SMILES string of the molecule is Cc1cc(C)n(CC(=O)N2CCN(c3ccccc3C3=CNN(Cc4ccccc4)C3)CC2)n1. The first-order valence-electron chi connectivity index (χ1n) is 11.9. The quantitative estimate of drug-likeness (QED) is 0.617. The van der Waals surface area contributed by atoms with Crippen LogP contribution < -0.4 is 10.3 Å². The molecule has 3 heterocycles. The van der Waals surface area contributed by atoms with Crippen LogP contribution in [-0.2, 0) is 17.9 Å². The molecular weight excluding hydrogens is 424 g/mol. The number of anilines is 1. The molecule has 2 aromatic carbocycles. The maximum absolute atomic E-state index is 12.9. The van der Waals surface area contributed by atoms with Gasteiger partial charge in [-0.25, -0.2) is 5.01 Å². The van der Waals surface area contributed by atoms with Crippen molar-refractivity contribution in [1.29, 1.82) is 0 Å². The van der Waals surface area contributed by atoms with Gasteiger partial charge in [-0.15, -0.1) is 0 Å². The number of hydrazine groups is 1. The summed E-state index contributed by atoms with van der Waals surface area (Å²) in [6.07, 6.45) is 2.12. The molecule has 1 fully saturated rings. The minimum atomic E-state index is 0.137. The smallest absolute Gasteiger partial charge is 0.244 e. The summed E-state index contributed by atoms with van der Waals surface area (Å²) in [4.78, 5) is 17.2. The van der Waals surface area contributed by atoms with E-state index in [0.29, 0.717) is 6.54 Å². The lowest BCUT2D eigenvalue weighted by Crippen LogP contribution is -2.50. The van der Waals surface area contributed by atoms with Crippen LogP contribution in [0.25, 0.3) is 5.57 Å². The van der Waals surface area contributed by atoms with Crippen LogP contribution in [0, 0.1) is 13.8 Å². The number of aryl methyl sites for hydroxylation is 2. The number of benzene rings is 2. The Balaban J connectivity index is 1.21. The van der Waals surface area contributed by atoms with Gasteiger partial charge in [0.25, 0.3) is 0 Å². The summed E-state index contributed by atoms with van der Waals surface area (Å²) in [6, 6.07) is 21.1. The number of nitrogens with zero attached hydrogens (tertiary/aromatic N) is 5. The van der Waals surface area contributed by atoms with Crippen LogP contribution in [0.1, 0.15) is 22.5 Å². The molecule has 1 aromatic heterocycles. The van der Waals surface area contributed by atoms with Crippen LogP contribution in [0.15, 0.2) is 66.9 Å². The number of hydrogen-bond acceptors (Lipinski definition) is 5. The lowest BCUT2D eigenvalue weighted by molar-refractivity contribution is -0.132. The van der Waals surface area contributed by atoms with Gasteiger partial charge >= 0.3 is 0 Å². The van der Waals surface area contributed by atoms with Crippen LogP contribution in [0.3, 0.4) is 0 Å². The lowest BCUT2D eigenvalue weighted by atomic mass is 10.0. The zero-order chi connectivity index (χ0) is 23.5. The summed E-state index contributed by atoms with van der Waals surface area (Å²) < 4.78 is 1.81. The highest BCUT2D eigenvalue weighted by molar-refractivity contribution is 5.79. The van der Waals surface area contributed by atoms with Gasteiger partial charge < -0.3 is 15.2 Å². The second kappa shape index (κ2) is 9.73. The van der Waals surface area contributed by atoms with Crippen LogP contribution in [0.4, 0.5) is 5.69 Å². The Morgan fingerprint density at radius 3 is 2.44 bits per heavy atom. The van der Waals surface area contributed by atoms with Crippen molar-refractivity contribution in [1.82, 2.24) is 25.1 Å². The highest BCUT2D eigenvalue weighted by atomic mass is 16.2. The molecule has 5 rings (SSSR count). The van der Waals surface area contributed by atoms with Crippen LogP contribution >= 0.6 is 0 Å². The van der Waals surface area contributed by atoms with Gasteiger partial charge in [0.05, 0.1) is 5.69 Å². The third-order valence-electron chi connectivity index (χ3n) is 6.61. The third kappa shape index (κ3) is 4.84. The summed E-state index contributed by atoms with van der Waals surface area (Å²) >= 11 is 0. The van der Waals surface area contributed by atoms with Crippen LogP contribution in [-0.4, -0.2) is 58.3 Å². The Hall–Kier alpha value is -3.58. The number of amides is 1. The van der Waals surface area contributed by atoms with Crippen molar-refractivity contribution in [2.75, 3.05) is 37.6 Å². The summed E-state index contributed by atoms with van der Waals surface area (Å²) in [5, 5.41) is 6.67. The first kappa shape index (κ1) is 22.2. The molecule has 0 unspecified atom stereocenters. The summed E-state index contributed by atoms with van der Waals surface area (Å²) in [7, 11) is 0. The molecule has 3 aromatic rings. The summed E-state index contributed by atoms with van der Waals surface area (Å²) in [5.41, 5.74) is 10.5. The maximum Gasteiger partial charge on any atom is 0.244 e. The van der Waals surface area contributed by atoms with Gasteiger partial charge in [-0.2, -0.15) is 5.10 Å². The van der Waals surface area contributed by atoms with E-state index in [4.69, 9.17) is 0 Å². The summed E-state index contributed by atoms with van der Waals surface area (Å²) in [5.74, 6) is 0.137. The number of nitrogens with one attached hydrogen (secondary N) is 1. The summed E-state index contributed by atoms with van der Waals surface area (Å²) in [6.45, 7) is 9.09. The highest BCUT2D eigenvalue weighted by Gasteiger charge is 2.25. The molecule has 0 radical (unpaired) electrons. The monoisotopic (exact) mass is 456 g/mol. The number of para-hydroxylation sites is 1. The fourth-order valence-corrected chi connectivity index (χ4v) is 4.82. The van der Waals surface area contributed by atoms with Crippen molar-refractivity contribution in [3.63, 3.8) is 0 Å². The Labute approximate surface area is 201 Å². The van der Waals surface area contributed by atoms with Crippen molar-refractivity contribution in [2.45, 2.75) is 26.9 Å². The largest absolute Gasteiger partial charge is 0.367 e. The van der Waals surface area contributed by atoms with Crippen LogP contribution in [0.5, 0.6) is 0 Å². The van der Waals surface area contributed by atoms with E-state index in [1.807, 2.05) is 30.9 Å². The number of piperazine rings is 1. The molecule has 176 valence electrons. The van der Waals surface area contributed by atoms with Gasteiger partial charge in [0.1, 0.15) is 6.54 Å². The lowest BCUT2D eigenvalue weighted by Gasteiger charge is -2.37. The minimum Gasteiger partial charge on any atom is -0.367 e. The van der Waals surface area contributed by atoms with Crippen LogP contribution in [0.2, 0.25) is 0 Å². The van der Waals surface area contributed by atoms with E-state index in [1.165, 1.54) is 22.4 Å². The molecule has 34 heavy (non-hydrogen) atoms. The van der Waals surface area contributed by atoms with E-state index >= 15 is 0 Å². The van der Waals surface area contributed by atoms with E-state index in [0.717, 1.165) is 50.7 Å². The molecular formula is C27H32N6O. The molecule has 0 saturated carbocycles. The number of carbonyl (C=O) groups excluding carboxylic acids is 1. The van der Waals surface area contributed by atoms with Gasteiger partial charge in [-0.05, 0) is 37.1 Å². The van der Waals surface area contributed by atoms with Gasteiger partial charge in [-0.3, -0.25) is 9.48 Å². The molecule has 0 spiro atoms. The number of hydrogen-bond donors (Lipinski definition) is 1. The Morgan fingerprint density at radius 1 is 0.971 bits per heavy atom. The molecule has 0 aliphatic carbocycles. The molecule has 2 aliphatic rings. The average molecular weight is 457 g/mol. The molecule has 7 nitrogen and oxygen atoms in total. The van der Waals surface area contributed by atoms with E-state index < -0.39 is 0 Å². The van der Waals surface area contributed by atoms with Crippen molar-refractivity contribution in [2.24, 2.45) is 0 Å². The zero-order valence-corrected chi connectivity index (χ0v) is 19.9. The Bertz CT molecular complexity index is 1180. The molecule has 1 saturated heterocycles. The third-order valence-corrected chi connectivity index (χ3v) is 6.61. The number of carbonyl (C=O) groups is 1. The van der Waals surface area contributed by atoms with Crippen molar-refractivity contribution in [3.8, 4) is 0 Å². The molecule has 1 N–H and O–H groups in total. The van der Waals surface area contributed by atoms with E-state index in [9.17, 15) is 4.79 Å². The minimum absolute atomic E-state index is 0.137. The van der Waals surface area contributed by atoms with Gasteiger partial charge in [0, 0.05) is 62.4 Å². The maximum atomic E-state index is 12.9. The van der Waals surface area contributed by atoms with Crippen molar-refractivity contribution in [3.05, 3.63) is 89.4 Å². The van der Waals surface area contributed by atoms with Gasteiger partial charge in [0.2, 0.25) is 5.91 Å². The fraction of sp³-hybridized carbons (Fsp3) is 0.333. The predicted molar refractivity (Wildman–Crippen MR) is 135 cm³/mol. The topological polar surface area (TPSA) is 56.6 Å². The first-order chi connectivity index (χ1) is 16.6. The Morgan fingerprint density at radius 2 is 1.71 bits per heavy atom. The van der Waals surface area contributed by atoms with Gasteiger partial charge in [0.15, 0.2) is 0 Å². The number of rotatable bonds is 6. The zero-order valence-electron chi connectivity index (χ0n) is 19.9. The fourth-order valence-electron chi connectivity index (χ4n) is 4.82. The molecule has 2 aliphatic heterocycles. The predicted octanol–water partition coefficient (Wildman–Crippen LogP) is 3.21. The van der Waals surface area contributed by atoms with E-state index in [1.54, 1.807) is 4.68 Å². The average Bonchev–Trinajstić information content (AvgIpc) is 3.45. The molecule has 0 bridgehead atoms. The second-order valence-electron chi connectivity index (χ2n) is 9.11. The molecule has 0 atom stereocenters. The number of aromatic nitrogens is 2.